The van der Waals surface area contributed by atoms with Crippen LogP contribution in [0.3, 0.4) is 0 Å². The molecular weight excluding hydrogens is 364 g/mol. The minimum Gasteiger partial charge on any atom is -0.306 e. The molecule has 136 valence electrons. The van der Waals surface area contributed by atoms with Crippen molar-refractivity contribution >= 4 is 29.2 Å². The Labute approximate surface area is 159 Å². The van der Waals surface area contributed by atoms with E-state index in [9.17, 15) is 14.9 Å². The molecule has 0 bridgehead atoms. The summed E-state index contributed by atoms with van der Waals surface area (Å²) in [5.74, 6) is 1.81. The van der Waals surface area contributed by atoms with Crippen LogP contribution in [-0.4, -0.2) is 20.6 Å². The lowest BCUT2D eigenvalue weighted by atomic mass is 10.1. The molecule has 1 aliphatic rings. The van der Waals surface area contributed by atoms with Gasteiger partial charge in [-0.3, -0.25) is 14.9 Å². The van der Waals surface area contributed by atoms with Crippen molar-refractivity contribution in [2.45, 2.75) is 18.4 Å². The van der Waals surface area contributed by atoms with Crippen LogP contribution in [0.4, 0.5) is 11.5 Å². The number of nitro groups is 1. The highest BCUT2D eigenvalue weighted by atomic mass is 32.2. The summed E-state index contributed by atoms with van der Waals surface area (Å²) in [6, 6.07) is 14.1. The van der Waals surface area contributed by atoms with Gasteiger partial charge in [0.1, 0.15) is 5.82 Å². The first-order chi connectivity index (χ1) is 13.1. The van der Waals surface area contributed by atoms with Gasteiger partial charge in [0.15, 0.2) is 0 Å². The second kappa shape index (κ2) is 6.88. The van der Waals surface area contributed by atoms with E-state index >= 15 is 0 Å². The summed E-state index contributed by atoms with van der Waals surface area (Å²) in [5.41, 5.74) is 3.36. The molecule has 1 aliphatic heterocycles. The fourth-order valence-corrected chi connectivity index (χ4v) is 4.17. The second-order valence-electron chi connectivity index (χ2n) is 6.17. The molecule has 4 rings (SSSR count). The molecule has 2 heterocycles. The lowest BCUT2D eigenvalue weighted by Gasteiger charge is -2.12. The monoisotopic (exact) mass is 380 g/mol. The van der Waals surface area contributed by atoms with E-state index in [0.29, 0.717) is 11.4 Å². The summed E-state index contributed by atoms with van der Waals surface area (Å²) in [7, 11) is 0. The first-order valence-electron chi connectivity index (χ1n) is 8.35. The van der Waals surface area contributed by atoms with E-state index in [1.54, 1.807) is 29.4 Å². The zero-order chi connectivity index (χ0) is 19.0. The average molecular weight is 380 g/mol. The van der Waals surface area contributed by atoms with Gasteiger partial charge in [0.05, 0.1) is 16.3 Å². The molecule has 0 atom stereocenters. The van der Waals surface area contributed by atoms with Crippen LogP contribution in [0.25, 0.3) is 5.69 Å². The Morgan fingerprint density at radius 1 is 1.19 bits per heavy atom. The van der Waals surface area contributed by atoms with Crippen molar-refractivity contribution < 1.29 is 9.72 Å². The SMILES string of the molecule is Cc1c(C(=O)Nc2c3c(nn2-c2ccccc2)CSC3)cccc1[N+](=O)[O-]. The second-order valence-corrected chi connectivity index (χ2v) is 7.16. The molecule has 3 aromatic rings. The Hall–Kier alpha value is -3.13. The molecule has 1 aromatic heterocycles. The molecule has 0 spiro atoms. The van der Waals surface area contributed by atoms with Gasteiger partial charge in [0.25, 0.3) is 11.6 Å². The van der Waals surface area contributed by atoms with E-state index in [1.807, 2.05) is 30.3 Å². The number of fused-ring (bicyclic) bond motifs is 1. The van der Waals surface area contributed by atoms with Crippen LogP contribution in [0.2, 0.25) is 0 Å². The molecule has 0 saturated heterocycles. The summed E-state index contributed by atoms with van der Waals surface area (Å²) < 4.78 is 1.73. The molecule has 0 radical (unpaired) electrons. The van der Waals surface area contributed by atoms with Crippen LogP contribution >= 0.6 is 11.8 Å². The first-order valence-corrected chi connectivity index (χ1v) is 9.51. The maximum Gasteiger partial charge on any atom is 0.273 e. The van der Waals surface area contributed by atoms with E-state index in [2.05, 4.69) is 10.4 Å². The normalized spacial score (nSPS) is 12.6. The summed E-state index contributed by atoms with van der Waals surface area (Å²) in [6.45, 7) is 1.59. The number of benzene rings is 2. The molecule has 8 heteroatoms. The number of rotatable bonds is 4. The van der Waals surface area contributed by atoms with Crippen LogP contribution in [0.1, 0.15) is 27.2 Å². The van der Waals surface area contributed by atoms with E-state index in [4.69, 9.17) is 0 Å². The largest absolute Gasteiger partial charge is 0.306 e. The van der Waals surface area contributed by atoms with E-state index in [-0.39, 0.29) is 17.2 Å². The third-order valence-electron chi connectivity index (χ3n) is 4.53. The molecule has 0 fully saturated rings. The van der Waals surface area contributed by atoms with Gasteiger partial charge < -0.3 is 5.32 Å². The van der Waals surface area contributed by atoms with Gasteiger partial charge in [-0.15, -0.1) is 0 Å². The number of amides is 1. The Bertz CT molecular complexity index is 1050. The minimum atomic E-state index is -0.478. The smallest absolute Gasteiger partial charge is 0.273 e. The van der Waals surface area contributed by atoms with Crippen LogP contribution in [-0.2, 0) is 11.5 Å². The number of hydrogen-bond acceptors (Lipinski definition) is 5. The van der Waals surface area contributed by atoms with Crippen molar-refractivity contribution in [2.75, 3.05) is 5.32 Å². The zero-order valence-corrected chi connectivity index (χ0v) is 15.3. The number of para-hydroxylation sites is 1. The topological polar surface area (TPSA) is 90.1 Å². The molecule has 27 heavy (non-hydrogen) atoms. The number of thioether (sulfide) groups is 1. The molecule has 1 amide bonds. The number of hydrogen-bond donors (Lipinski definition) is 1. The summed E-state index contributed by atoms with van der Waals surface area (Å²) >= 11 is 1.74. The van der Waals surface area contributed by atoms with E-state index in [1.165, 1.54) is 12.1 Å². The van der Waals surface area contributed by atoms with Gasteiger partial charge in [0, 0.05) is 34.3 Å². The van der Waals surface area contributed by atoms with Crippen molar-refractivity contribution in [3.05, 3.63) is 81.0 Å². The Balaban J connectivity index is 1.74. The molecule has 7 nitrogen and oxygen atoms in total. The van der Waals surface area contributed by atoms with Gasteiger partial charge in [-0.1, -0.05) is 24.3 Å². The number of anilines is 1. The third-order valence-corrected chi connectivity index (χ3v) is 5.50. The van der Waals surface area contributed by atoms with Crippen molar-refractivity contribution in [3.8, 4) is 5.69 Å². The molecule has 0 aliphatic carbocycles. The van der Waals surface area contributed by atoms with Crippen molar-refractivity contribution in [1.29, 1.82) is 0 Å². The molecule has 1 N–H and O–H groups in total. The van der Waals surface area contributed by atoms with Crippen molar-refractivity contribution in [2.24, 2.45) is 0 Å². The van der Waals surface area contributed by atoms with Crippen molar-refractivity contribution in [3.63, 3.8) is 0 Å². The lowest BCUT2D eigenvalue weighted by molar-refractivity contribution is -0.385. The fourth-order valence-electron chi connectivity index (χ4n) is 3.14. The minimum absolute atomic E-state index is 0.0694. The number of nitrogens with zero attached hydrogens (tertiary/aromatic N) is 3. The van der Waals surface area contributed by atoms with Gasteiger partial charge in [0.2, 0.25) is 0 Å². The molecule has 2 aromatic carbocycles. The van der Waals surface area contributed by atoms with Gasteiger partial charge in [-0.05, 0) is 25.1 Å². The zero-order valence-electron chi connectivity index (χ0n) is 14.5. The average Bonchev–Trinajstić information content (AvgIpc) is 3.25. The Morgan fingerprint density at radius 3 is 2.70 bits per heavy atom. The summed E-state index contributed by atoms with van der Waals surface area (Å²) in [6.07, 6.45) is 0. The molecule has 0 saturated carbocycles. The van der Waals surface area contributed by atoms with E-state index < -0.39 is 4.92 Å². The summed E-state index contributed by atoms with van der Waals surface area (Å²) in [4.78, 5) is 23.6. The Kier molecular flexibility index (Phi) is 4.41. The van der Waals surface area contributed by atoms with Gasteiger partial charge >= 0.3 is 0 Å². The highest BCUT2D eigenvalue weighted by Crippen LogP contribution is 2.36. The number of aromatic nitrogens is 2. The number of nitrogens with one attached hydrogen (secondary N) is 1. The lowest BCUT2D eigenvalue weighted by Crippen LogP contribution is -2.17. The fraction of sp³-hybridized carbons (Fsp3) is 0.158. The maximum atomic E-state index is 12.9. The van der Waals surface area contributed by atoms with Crippen LogP contribution in [0.5, 0.6) is 0 Å². The predicted molar refractivity (Wildman–Crippen MR) is 104 cm³/mol. The Morgan fingerprint density at radius 2 is 1.96 bits per heavy atom. The van der Waals surface area contributed by atoms with Crippen LogP contribution in [0.15, 0.2) is 48.5 Å². The summed E-state index contributed by atoms with van der Waals surface area (Å²) in [5, 5.41) is 18.8. The molecular formula is C19H16N4O3S. The van der Waals surface area contributed by atoms with E-state index in [0.717, 1.165) is 28.5 Å². The number of nitro benzene ring substituents is 1. The first kappa shape index (κ1) is 17.3. The number of carbonyl (C=O) groups is 1. The predicted octanol–water partition coefficient (Wildman–Crippen LogP) is 4.09. The van der Waals surface area contributed by atoms with Crippen molar-refractivity contribution in [1.82, 2.24) is 9.78 Å². The standard InChI is InChI=1S/C19H16N4O3S/c1-12-14(8-5-9-17(12)23(25)26)19(24)20-18-15-10-27-11-16(15)21-22(18)13-6-3-2-4-7-13/h2-9H,10-11H2,1H3,(H,20,24). The highest BCUT2D eigenvalue weighted by molar-refractivity contribution is 7.98. The quantitative estimate of drug-likeness (QED) is 0.544. The third kappa shape index (κ3) is 3.08. The van der Waals surface area contributed by atoms with Crippen LogP contribution < -0.4 is 5.32 Å². The maximum absolute atomic E-state index is 12.9. The highest BCUT2D eigenvalue weighted by Gasteiger charge is 2.26. The molecule has 0 unspecified atom stereocenters. The van der Waals surface area contributed by atoms with Gasteiger partial charge in [-0.25, -0.2) is 4.68 Å². The van der Waals surface area contributed by atoms with Crippen LogP contribution in [0, 0.1) is 17.0 Å². The van der Waals surface area contributed by atoms with Gasteiger partial charge in [-0.2, -0.15) is 16.9 Å². The number of carbonyl (C=O) groups excluding carboxylic acids is 1.